The summed E-state index contributed by atoms with van der Waals surface area (Å²) in [5, 5.41) is 6.29. The van der Waals surface area contributed by atoms with E-state index in [1.165, 1.54) is 12.8 Å². The summed E-state index contributed by atoms with van der Waals surface area (Å²) in [7, 11) is 1.65. The Labute approximate surface area is 217 Å². The van der Waals surface area contributed by atoms with E-state index in [0.29, 0.717) is 30.0 Å². The average molecular weight is 505 g/mol. The van der Waals surface area contributed by atoms with E-state index in [-0.39, 0.29) is 23.9 Å². The number of benzene rings is 1. The Kier molecular flexibility index (Phi) is 7.35. The number of nitrogens with zero attached hydrogens (tertiary/aromatic N) is 1. The van der Waals surface area contributed by atoms with Crippen LogP contribution >= 0.6 is 0 Å². The van der Waals surface area contributed by atoms with Gasteiger partial charge < -0.3 is 25.1 Å². The Morgan fingerprint density at radius 1 is 1.03 bits per heavy atom. The molecule has 1 aromatic carbocycles. The number of fused-ring (bicyclic) bond motifs is 1. The highest BCUT2D eigenvalue weighted by Gasteiger charge is 2.27. The zero-order valence-corrected chi connectivity index (χ0v) is 21.9. The number of pyridine rings is 1. The van der Waals surface area contributed by atoms with Crippen LogP contribution in [0, 0.1) is 12.8 Å². The van der Waals surface area contributed by atoms with Crippen LogP contribution in [0.4, 0.5) is 0 Å². The summed E-state index contributed by atoms with van der Waals surface area (Å²) in [5.41, 5.74) is 4.71. The molecule has 0 radical (unpaired) electrons. The molecule has 2 saturated carbocycles. The summed E-state index contributed by atoms with van der Waals surface area (Å²) in [4.78, 5) is 33.1. The first-order chi connectivity index (χ1) is 18.0. The van der Waals surface area contributed by atoms with Crippen LogP contribution in [0.1, 0.15) is 67.9 Å². The van der Waals surface area contributed by atoms with Crippen molar-refractivity contribution in [1.82, 2.24) is 20.6 Å². The first-order valence-electron chi connectivity index (χ1n) is 13.4. The Hall–Kier alpha value is -3.55. The molecule has 2 heterocycles. The second-order valence-corrected chi connectivity index (χ2v) is 10.3. The standard InChI is InChI=1S/C29H36N4O4/c1-4-25(34)32-19-7-9-20(10-8-19)33-29(35)26-17(2)31-27-23(13-14-30-28(26)27)22-12-11-21(36-3)15-24(22)37-16-18-5-6-18/h11-15,18-20,31H,4-10,16H2,1-3H3,(H,32,34)(H,33,35). The summed E-state index contributed by atoms with van der Waals surface area (Å²) in [6, 6.07) is 8.08. The van der Waals surface area contributed by atoms with Gasteiger partial charge in [0.15, 0.2) is 0 Å². The quantitative estimate of drug-likeness (QED) is 0.384. The number of H-pyrrole nitrogens is 1. The predicted octanol–water partition coefficient (Wildman–Crippen LogP) is 4.90. The topological polar surface area (TPSA) is 105 Å². The van der Waals surface area contributed by atoms with Crippen molar-refractivity contribution < 1.29 is 19.1 Å². The van der Waals surface area contributed by atoms with Gasteiger partial charge in [-0.1, -0.05) is 6.92 Å². The van der Waals surface area contributed by atoms with Gasteiger partial charge in [-0.25, -0.2) is 0 Å². The predicted molar refractivity (Wildman–Crippen MR) is 143 cm³/mol. The molecule has 8 nitrogen and oxygen atoms in total. The normalized spacial score (nSPS) is 19.4. The molecule has 196 valence electrons. The van der Waals surface area contributed by atoms with Crippen molar-refractivity contribution in [3.05, 3.63) is 41.7 Å². The molecule has 0 spiro atoms. The van der Waals surface area contributed by atoms with Crippen molar-refractivity contribution in [3.8, 4) is 22.6 Å². The van der Waals surface area contributed by atoms with Crippen LogP contribution in [-0.4, -0.2) is 47.6 Å². The number of amides is 2. The number of carbonyl (C=O) groups is 2. The molecular weight excluding hydrogens is 468 g/mol. The number of aryl methyl sites for hydroxylation is 1. The number of rotatable bonds is 9. The molecule has 2 amide bonds. The van der Waals surface area contributed by atoms with Gasteiger partial charge in [0, 0.05) is 47.6 Å². The molecule has 0 atom stereocenters. The van der Waals surface area contributed by atoms with E-state index in [1.54, 1.807) is 13.3 Å². The van der Waals surface area contributed by atoms with E-state index in [4.69, 9.17) is 9.47 Å². The molecule has 37 heavy (non-hydrogen) atoms. The van der Waals surface area contributed by atoms with Gasteiger partial charge in [-0.3, -0.25) is 14.6 Å². The van der Waals surface area contributed by atoms with E-state index >= 15 is 0 Å². The van der Waals surface area contributed by atoms with Gasteiger partial charge in [-0.15, -0.1) is 0 Å². The van der Waals surface area contributed by atoms with Gasteiger partial charge in [0.2, 0.25) is 5.91 Å². The van der Waals surface area contributed by atoms with E-state index in [1.807, 2.05) is 38.1 Å². The van der Waals surface area contributed by atoms with E-state index in [0.717, 1.165) is 59.5 Å². The number of hydrogen-bond donors (Lipinski definition) is 3. The second kappa shape index (κ2) is 10.8. The number of ether oxygens (including phenoxy) is 2. The molecule has 0 aliphatic heterocycles. The molecule has 0 saturated heterocycles. The van der Waals surface area contributed by atoms with Gasteiger partial charge in [0.25, 0.3) is 5.91 Å². The summed E-state index contributed by atoms with van der Waals surface area (Å²) in [6.45, 7) is 4.47. The average Bonchev–Trinajstić information content (AvgIpc) is 3.67. The Morgan fingerprint density at radius 3 is 2.43 bits per heavy atom. The lowest BCUT2D eigenvalue weighted by atomic mass is 9.91. The lowest BCUT2D eigenvalue weighted by Crippen LogP contribution is -2.43. The minimum absolute atomic E-state index is 0.0822. The number of aromatic nitrogens is 2. The smallest absolute Gasteiger partial charge is 0.255 e. The van der Waals surface area contributed by atoms with Crippen molar-refractivity contribution in [2.24, 2.45) is 5.92 Å². The molecule has 0 unspecified atom stereocenters. The van der Waals surface area contributed by atoms with Crippen molar-refractivity contribution in [2.45, 2.75) is 70.9 Å². The maximum absolute atomic E-state index is 13.4. The van der Waals surface area contributed by atoms with Gasteiger partial charge in [-0.05, 0) is 69.6 Å². The molecule has 2 fully saturated rings. The Bertz CT molecular complexity index is 1290. The van der Waals surface area contributed by atoms with Crippen LogP contribution in [0.5, 0.6) is 11.5 Å². The van der Waals surface area contributed by atoms with E-state index in [9.17, 15) is 9.59 Å². The molecule has 2 aliphatic rings. The molecule has 8 heteroatoms. The van der Waals surface area contributed by atoms with Gasteiger partial charge in [0.05, 0.1) is 24.8 Å². The Balaban J connectivity index is 1.37. The van der Waals surface area contributed by atoms with Crippen LogP contribution < -0.4 is 20.1 Å². The van der Waals surface area contributed by atoms with Crippen LogP contribution in [0.2, 0.25) is 0 Å². The number of aromatic amines is 1. The van der Waals surface area contributed by atoms with Crippen molar-refractivity contribution in [3.63, 3.8) is 0 Å². The molecule has 3 N–H and O–H groups in total. The molecule has 2 aliphatic carbocycles. The Morgan fingerprint density at radius 2 is 1.76 bits per heavy atom. The molecule has 2 aromatic heterocycles. The third-order valence-corrected chi connectivity index (χ3v) is 7.50. The SMILES string of the molecule is CCC(=O)NC1CCC(NC(=O)c2c(C)[nH]c3c(-c4ccc(OC)cc4OCC4CC4)ccnc23)CC1. The largest absolute Gasteiger partial charge is 0.497 e. The second-order valence-electron chi connectivity index (χ2n) is 10.3. The molecule has 5 rings (SSSR count). The fraction of sp³-hybridized carbons (Fsp3) is 0.483. The first-order valence-corrected chi connectivity index (χ1v) is 13.4. The zero-order valence-electron chi connectivity index (χ0n) is 21.9. The summed E-state index contributed by atoms with van der Waals surface area (Å²) in [5.74, 6) is 2.10. The third-order valence-electron chi connectivity index (χ3n) is 7.50. The number of nitrogens with one attached hydrogen (secondary N) is 3. The lowest BCUT2D eigenvalue weighted by Gasteiger charge is -2.29. The molecule has 0 bridgehead atoms. The van der Waals surface area contributed by atoms with Gasteiger partial charge >= 0.3 is 0 Å². The van der Waals surface area contributed by atoms with Gasteiger partial charge in [-0.2, -0.15) is 0 Å². The summed E-state index contributed by atoms with van der Waals surface area (Å²) < 4.78 is 11.7. The van der Waals surface area contributed by atoms with E-state index < -0.39 is 0 Å². The highest BCUT2D eigenvalue weighted by atomic mass is 16.5. The fourth-order valence-corrected chi connectivity index (χ4v) is 5.14. The number of hydrogen-bond acceptors (Lipinski definition) is 5. The van der Waals surface area contributed by atoms with Crippen molar-refractivity contribution in [2.75, 3.05) is 13.7 Å². The molecule has 3 aromatic rings. The summed E-state index contributed by atoms with van der Waals surface area (Å²) >= 11 is 0. The van der Waals surface area contributed by atoms with Crippen LogP contribution in [0.3, 0.4) is 0 Å². The molecular formula is C29H36N4O4. The monoisotopic (exact) mass is 504 g/mol. The maximum atomic E-state index is 13.4. The van der Waals surface area contributed by atoms with Crippen LogP contribution in [0.25, 0.3) is 22.2 Å². The minimum atomic E-state index is -0.116. The van der Waals surface area contributed by atoms with Crippen molar-refractivity contribution >= 4 is 22.8 Å². The minimum Gasteiger partial charge on any atom is -0.497 e. The number of methoxy groups -OCH3 is 1. The lowest BCUT2D eigenvalue weighted by molar-refractivity contribution is -0.121. The summed E-state index contributed by atoms with van der Waals surface area (Å²) in [6.07, 6.45) is 8.08. The van der Waals surface area contributed by atoms with Crippen LogP contribution in [-0.2, 0) is 4.79 Å². The van der Waals surface area contributed by atoms with E-state index in [2.05, 4.69) is 20.6 Å². The van der Waals surface area contributed by atoms with Gasteiger partial charge in [0.1, 0.15) is 17.0 Å². The number of carbonyl (C=O) groups excluding carboxylic acids is 2. The fourth-order valence-electron chi connectivity index (χ4n) is 5.14. The van der Waals surface area contributed by atoms with Crippen molar-refractivity contribution in [1.29, 1.82) is 0 Å². The highest BCUT2D eigenvalue weighted by molar-refractivity contribution is 6.09. The third kappa shape index (κ3) is 5.58. The highest BCUT2D eigenvalue weighted by Crippen LogP contribution is 2.39. The van der Waals surface area contributed by atoms with Crippen LogP contribution in [0.15, 0.2) is 30.5 Å². The maximum Gasteiger partial charge on any atom is 0.255 e. The first kappa shape index (κ1) is 25.1. The zero-order chi connectivity index (χ0) is 25.9.